The van der Waals surface area contributed by atoms with Crippen molar-refractivity contribution < 1.29 is 4.79 Å². The number of rotatable bonds is 7. The molecule has 2 unspecified atom stereocenters. The first-order valence-corrected chi connectivity index (χ1v) is 9.78. The molecular weight excluding hydrogens is 388 g/mol. The maximum absolute atomic E-state index is 12.5. The fourth-order valence-electron chi connectivity index (χ4n) is 2.94. The molecule has 0 spiro atoms. The fraction of sp³-hybridized carbons (Fsp3) is 0.412. The van der Waals surface area contributed by atoms with Crippen LogP contribution in [0.2, 0.25) is 0 Å². The lowest BCUT2D eigenvalue weighted by Crippen LogP contribution is -2.37. The Bertz CT molecular complexity index is 695. The van der Waals surface area contributed by atoms with Crippen LogP contribution in [-0.4, -0.2) is 23.0 Å². The van der Waals surface area contributed by atoms with Crippen LogP contribution in [0.25, 0.3) is 0 Å². The largest absolute Gasteiger partial charge is 0.379 e. The Kier molecular flexibility index (Phi) is 5.73. The molecule has 1 aromatic heterocycles. The number of fused-ring (bicyclic) bond motifs is 1. The summed E-state index contributed by atoms with van der Waals surface area (Å²) in [6, 6.07) is 0.326. The molecule has 5 nitrogen and oxygen atoms in total. The predicted octanol–water partition coefficient (Wildman–Crippen LogP) is 3.44. The molecule has 1 amide bonds. The lowest BCUT2D eigenvalue weighted by molar-refractivity contribution is 0.0938. The van der Waals surface area contributed by atoms with Gasteiger partial charge < -0.3 is 16.0 Å². The number of carbonyl (C=O) groups is 1. The van der Waals surface area contributed by atoms with E-state index in [1.54, 1.807) is 6.20 Å². The molecule has 2 aliphatic heterocycles. The van der Waals surface area contributed by atoms with Gasteiger partial charge in [0.25, 0.3) is 5.91 Å². The van der Waals surface area contributed by atoms with E-state index < -0.39 is 0 Å². The molecule has 0 saturated carbocycles. The van der Waals surface area contributed by atoms with Crippen LogP contribution in [0.15, 0.2) is 45.9 Å². The highest BCUT2D eigenvalue weighted by atomic mass is 79.9. The van der Waals surface area contributed by atoms with Gasteiger partial charge in [-0.2, -0.15) is 0 Å². The normalized spacial score (nSPS) is 19.7. The van der Waals surface area contributed by atoms with Gasteiger partial charge in [-0.1, -0.05) is 19.8 Å². The van der Waals surface area contributed by atoms with Gasteiger partial charge in [-0.05, 0) is 52.7 Å². The Morgan fingerprint density at radius 2 is 2.42 bits per heavy atom. The van der Waals surface area contributed by atoms with E-state index in [1.807, 2.05) is 12.3 Å². The molecule has 3 heterocycles. The molecule has 0 radical (unpaired) electrons. The van der Waals surface area contributed by atoms with E-state index in [9.17, 15) is 4.79 Å². The van der Waals surface area contributed by atoms with E-state index in [0.29, 0.717) is 4.88 Å². The minimum absolute atomic E-state index is 0.0434. The average molecular weight is 409 g/mol. The fourth-order valence-corrected chi connectivity index (χ4v) is 4.11. The molecule has 3 N–H and O–H groups in total. The Hall–Kier alpha value is -1.60. The summed E-state index contributed by atoms with van der Waals surface area (Å²) in [4.78, 5) is 17.2. The monoisotopic (exact) mass is 408 g/mol. The van der Waals surface area contributed by atoms with Gasteiger partial charge >= 0.3 is 0 Å². The number of dihydropyridines is 1. The SMILES string of the molecule is CCCCC(CC1=CNC2=CC=CNC12)NC(=O)c1cnc(Br)s1. The number of amides is 1. The first-order chi connectivity index (χ1) is 11.7. The summed E-state index contributed by atoms with van der Waals surface area (Å²) in [6.45, 7) is 2.17. The Morgan fingerprint density at radius 3 is 3.17 bits per heavy atom. The zero-order chi connectivity index (χ0) is 16.9. The van der Waals surface area contributed by atoms with Crippen LogP contribution >= 0.6 is 27.3 Å². The number of nitrogens with one attached hydrogen (secondary N) is 3. The maximum Gasteiger partial charge on any atom is 0.263 e. The van der Waals surface area contributed by atoms with E-state index in [4.69, 9.17) is 0 Å². The highest BCUT2D eigenvalue weighted by molar-refractivity contribution is 9.11. The van der Waals surface area contributed by atoms with Crippen LogP contribution in [0, 0.1) is 0 Å². The van der Waals surface area contributed by atoms with Crippen LogP contribution in [0.5, 0.6) is 0 Å². The van der Waals surface area contributed by atoms with E-state index in [1.165, 1.54) is 22.6 Å². The lowest BCUT2D eigenvalue weighted by atomic mass is 9.96. The second-order valence-electron chi connectivity index (χ2n) is 5.94. The third kappa shape index (κ3) is 4.08. The van der Waals surface area contributed by atoms with Crippen LogP contribution in [0.4, 0.5) is 0 Å². The van der Waals surface area contributed by atoms with Crippen molar-refractivity contribution in [2.45, 2.75) is 44.7 Å². The zero-order valence-electron chi connectivity index (χ0n) is 13.5. The van der Waals surface area contributed by atoms with Crippen LogP contribution in [0.1, 0.15) is 42.3 Å². The topological polar surface area (TPSA) is 66.0 Å². The first-order valence-electron chi connectivity index (χ1n) is 8.18. The molecular formula is C17H21BrN4OS. The summed E-state index contributed by atoms with van der Waals surface area (Å²) in [5.41, 5.74) is 2.44. The summed E-state index contributed by atoms with van der Waals surface area (Å²) < 4.78 is 0.730. The van der Waals surface area contributed by atoms with Crippen molar-refractivity contribution in [1.82, 2.24) is 20.9 Å². The molecule has 0 aliphatic carbocycles. The number of unbranched alkanes of at least 4 members (excludes halogenated alkanes) is 1. The second-order valence-corrected chi connectivity index (χ2v) is 8.25. The van der Waals surface area contributed by atoms with Gasteiger partial charge in [-0.15, -0.1) is 11.3 Å². The van der Waals surface area contributed by atoms with E-state index in [0.717, 1.165) is 29.6 Å². The summed E-state index contributed by atoms with van der Waals surface area (Å²) in [5.74, 6) is -0.0434. The molecule has 3 rings (SSSR count). The molecule has 0 saturated heterocycles. The molecule has 0 aromatic carbocycles. The van der Waals surface area contributed by atoms with Gasteiger partial charge in [0.15, 0.2) is 3.92 Å². The highest BCUT2D eigenvalue weighted by Gasteiger charge is 2.27. The lowest BCUT2D eigenvalue weighted by Gasteiger charge is -2.23. The third-order valence-electron chi connectivity index (χ3n) is 4.17. The quantitative estimate of drug-likeness (QED) is 0.646. The van der Waals surface area contributed by atoms with Crippen molar-refractivity contribution in [1.29, 1.82) is 0 Å². The van der Waals surface area contributed by atoms with Gasteiger partial charge in [0, 0.05) is 17.9 Å². The number of nitrogens with zero attached hydrogens (tertiary/aromatic N) is 1. The van der Waals surface area contributed by atoms with Gasteiger partial charge in [-0.25, -0.2) is 4.98 Å². The van der Waals surface area contributed by atoms with E-state index in [2.05, 4.69) is 56.1 Å². The number of thiazole rings is 1. The van der Waals surface area contributed by atoms with Crippen LogP contribution in [0.3, 0.4) is 0 Å². The predicted molar refractivity (Wildman–Crippen MR) is 101 cm³/mol. The van der Waals surface area contributed by atoms with Gasteiger partial charge in [0.2, 0.25) is 0 Å². The zero-order valence-corrected chi connectivity index (χ0v) is 15.9. The molecule has 0 fully saturated rings. The molecule has 128 valence electrons. The standard InChI is InChI=1S/C17H21BrN4OS/c1-2-3-5-12(22-16(23)14-10-21-17(18)24-14)8-11-9-20-13-6-4-7-19-15(11)13/h4,6-7,9-10,12,15,19-20H,2-3,5,8H2,1H3,(H,22,23). The molecule has 1 aromatic rings. The van der Waals surface area contributed by atoms with Crippen LogP contribution in [-0.2, 0) is 0 Å². The van der Waals surface area contributed by atoms with Crippen molar-refractivity contribution in [3.63, 3.8) is 0 Å². The molecule has 2 atom stereocenters. The van der Waals surface area contributed by atoms with Crippen molar-refractivity contribution in [2.75, 3.05) is 0 Å². The van der Waals surface area contributed by atoms with Gasteiger partial charge in [-0.3, -0.25) is 4.79 Å². The second kappa shape index (κ2) is 7.98. The first kappa shape index (κ1) is 17.2. The average Bonchev–Trinajstić information content (AvgIpc) is 3.19. The molecule has 0 bridgehead atoms. The molecule has 24 heavy (non-hydrogen) atoms. The number of allylic oxidation sites excluding steroid dienone is 2. The van der Waals surface area contributed by atoms with Crippen molar-refractivity contribution in [3.05, 3.63) is 50.8 Å². The van der Waals surface area contributed by atoms with Crippen molar-refractivity contribution >= 4 is 33.2 Å². The smallest absolute Gasteiger partial charge is 0.263 e. The Morgan fingerprint density at radius 1 is 1.54 bits per heavy atom. The maximum atomic E-state index is 12.5. The highest BCUT2D eigenvalue weighted by Crippen LogP contribution is 2.25. The van der Waals surface area contributed by atoms with Crippen molar-refractivity contribution in [3.8, 4) is 0 Å². The minimum Gasteiger partial charge on any atom is -0.379 e. The Balaban J connectivity index is 1.64. The summed E-state index contributed by atoms with van der Waals surface area (Å²) in [7, 11) is 0. The third-order valence-corrected chi connectivity index (χ3v) is 5.64. The van der Waals surface area contributed by atoms with E-state index in [-0.39, 0.29) is 18.0 Å². The molecule has 7 heteroatoms. The number of hydrogen-bond acceptors (Lipinski definition) is 5. The van der Waals surface area contributed by atoms with Crippen LogP contribution < -0.4 is 16.0 Å². The summed E-state index contributed by atoms with van der Waals surface area (Å²) in [6.07, 6.45) is 13.7. The summed E-state index contributed by atoms with van der Waals surface area (Å²) >= 11 is 4.67. The molecule has 2 aliphatic rings. The minimum atomic E-state index is -0.0434. The van der Waals surface area contributed by atoms with Gasteiger partial charge in [0.1, 0.15) is 4.88 Å². The van der Waals surface area contributed by atoms with Gasteiger partial charge in [0.05, 0.1) is 12.2 Å². The number of hydrogen-bond donors (Lipinski definition) is 3. The van der Waals surface area contributed by atoms with E-state index >= 15 is 0 Å². The summed E-state index contributed by atoms with van der Waals surface area (Å²) in [5, 5.41) is 9.87. The number of carbonyl (C=O) groups excluding carboxylic acids is 1. The Labute approximate surface area is 154 Å². The van der Waals surface area contributed by atoms with Crippen molar-refractivity contribution in [2.24, 2.45) is 0 Å². The number of aromatic nitrogens is 1. The number of halogens is 1.